The topological polar surface area (TPSA) is 68.8 Å². The predicted octanol–water partition coefficient (Wildman–Crippen LogP) is 2.96. The molecule has 1 unspecified atom stereocenters. The molecule has 0 saturated carbocycles. The number of halogens is 1. The van der Waals surface area contributed by atoms with Gasteiger partial charge in [0.25, 0.3) is 0 Å². The van der Waals surface area contributed by atoms with Crippen LogP contribution in [0, 0.1) is 0 Å². The van der Waals surface area contributed by atoms with Crippen LogP contribution in [0.1, 0.15) is 11.1 Å². The van der Waals surface area contributed by atoms with Crippen molar-refractivity contribution in [2.45, 2.75) is 18.9 Å². The molecule has 0 aliphatic carbocycles. The molecule has 0 bridgehead atoms. The van der Waals surface area contributed by atoms with Crippen LogP contribution < -0.4 is 24.8 Å². The van der Waals surface area contributed by atoms with Crippen LogP contribution in [0.25, 0.3) is 0 Å². The van der Waals surface area contributed by atoms with Gasteiger partial charge in [-0.15, -0.1) is 0 Å². The highest BCUT2D eigenvalue weighted by Gasteiger charge is 2.22. The minimum atomic E-state index is -0.210. The Morgan fingerprint density at radius 1 is 1.11 bits per heavy atom. The van der Waals surface area contributed by atoms with E-state index in [4.69, 9.17) is 25.8 Å². The highest BCUT2D eigenvalue weighted by Crippen LogP contribution is 2.38. The summed E-state index contributed by atoms with van der Waals surface area (Å²) in [6, 6.07) is 11.5. The summed E-state index contributed by atoms with van der Waals surface area (Å²) in [7, 11) is 0. The smallest absolute Gasteiger partial charge is 0.314 e. The van der Waals surface area contributed by atoms with Crippen LogP contribution in [0.5, 0.6) is 17.2 Å². The summed E-state index contributed by atoms with van der Waals surface area (Å²) in [6.45, 7) is 1.98. The summed E-state index contributed by atoms with van der Waals surface area (Å²) < 4.78 is 16.9. The second-order valence-corrected chi connectivity index (χ2v) is 6.95. The molecule has 4 rings (SSSR count). The number of carbonyl (C=O) groups excluding carboxylic acids is 1. The number of para-hydroxylation sites is 1. The van der Waals surface area contributed by atoms with Crippen molar-refractivity contribution in [3.8, 4) is 17.2 Å². The van der Waals surface area contributed by atoms with Gasteiger partial charge in [0.15, 0.2) is 11.5 Å². The second kappa shape index (κ2) is 7.96. The fourth-order valence-corrected chi connectivity index (χ4v) is 3.55. The van der Waals surface area contributed by atoms with Crippen molar-refractivity contribution in [3.05, 3.63) is 52.5 Å². The fraction of sp³-hybridized carbons (Fsp3) is 0.350. The lowest BCUT2D eigenvalue weighted by atomic mass is 10.1. The molecular weight excluding hydrogens is 368 g/mol. The Hall–Kier alpha value is -2.60. The van der Waals surface area contributed by atoms with Gasteiger partial charge in [0.2, 0.25) is 0 Å². The molecule has 0 spiro atoms. The highest BCUT2D eigenvalue weighted by atomic mass is 35.5. The van der Waals surface area contributed by atoms with Crippen LogP contribution in [0.2, 0.25) is 5.02 Å². The maximum Gasteiger partial charge on any atom is 0.314 e. The van der Waals surface area contributed by atoms with Crippen molar-refractivity contribution in [2.24, 2.45) is 0 Å². The van der Waals surface area contributed by atoms with Gasteiger partial charge in [-0.1, -0.05) is 29.8 Å². The van der Waals surface area contributed by atoms with Gasteiger partial charge in [0.1, 0.15) is 25.1 Å². The van der Waals surface area contributed by atoms with Crippen molar-refractivity contribution in [3.63, 3.8) is 0 Å². The number of hydrogen-bond acceptors (Lipinski definition) is 4. The lowest BCUT2D eigenvalue weighted by Gasteiger charge is -2.20. The molecule has 2 aromatic carbocycles. The van der Waals surface area contributed by atoms with Crippen LogP contribution in [-0.2, 0) is 12.8 Å². The molecule has 142 valence electrons. The van der Waals surface area contributed by atoms with Gasteiger partial charge in [-0.3, -0.25) is 0 Å². The maximum atomic E-state index is 12.0. The Balaban J connectivity index is 1.21. The Bertz CT molecular complexity index is 818. The molecule has 2 aliphatic rings. The zero-order valence-electron chi connectivity index (χ0n) is 14.8. The third-order valence-corrected chi connectivity index (χ3v) is 4.84. The number of amides is 2. The molecule has 1 atom stereocenters. The van der Waals surface area contributed by atoms with Gasteiger partial charge in [0, 0.05) is 13.0 Å². The number of carbonyl (C=O) groups is 1. The highest BCUT2D eigenvalue weighted by molar-refractivity contribution is 6.32. The quantitative estimate of drug-likeness (QED) is 0.826. The SMILES string of the molecule is O=C(NCCc1cc(Cl)c2c(c1)OCCO2)NCC1Cc2ccccc2O1. The van der Waals surface area contributed by atoms with Gasteiger partial charge in [-0.25, -0.2) is 4.79 Å². The number of nitrogens with one attached hydrogen (secondary N) is 2. The van der Waals surface area contributed by atoms with E-state index in [1.165, 1.54) is 5.56 Å². The van der Waals surface area contributed by atoms with E-state index in [1.807, 2.05) is 36.4 Å². The van der Waals surface area contributed by atoms with Crippen LogP contribution in [-0.4, -0.2) is 38.4 Å². The third-order valence-electron chi connectivity index (χ3n) is 4.56. The number of ether oxygens (including phenoxy) is 3. The van der Waals surface area contributed by atoms with Crippen LogP contribution >= 0.6 is 11.6 Å². The lowest BCUT2D eigenvalue weighted by molar-refractivity contribution is 0.171. The molecule has 2 heterocycles. The minimum Gasteiger partial charge on any atom is -0.488 e. The monoisotopic (exact) mass is 388 g/mol. The first-order valence-electron chi connectivity index (χ1n) is 9.03. The van der Waals surface area contributed by atoms with Gasteiger partial charge >= 0.3 is 6.03 Å². The van der Waals surface area contributed by atoms with Crippen LogP contribution in [0.4, 0.5) is 4.79 Å². The van der Waals surface area contributed by atoms with Gasteiger partial charge in [-0.05, 0) is 35.7 Å². The Morgan fingerprint density at radius 2 is 1.96 bits per heavy atom. The molecule has 2 aliphatic heterocycles. The van der Waals surface area contributed by atoms with Gasteiger partial charge in [-0.2, -0.15) is 0 Å². The minimum absolute atomic E-state index is 0.0234. The summed E-state index contributed by atoms with van der Waals surface area (Å²) in [5.41, 5.74) is 2.17. The van der Waals surface area contributed by atoms with E-state index in [9.17, 15) is 4.79 Å². The number of urea groups is 1. The molecular formula is C20H21ClN2O4. The normalized spacial score (nSPS) is 17.0. The van der Waals surface area contributed by atoms with E-state index in [-0.39, 0.29) is 12.1 Å². The van der Waals surface area contributed by atoms with Crippen molar-refractivity contribution in [1.29, 1.82) is 0 Å². The summed E-state index contributed by atoms with van der Waals surface area (Å²) in [5.74, 6) is 2.15. The van der Waals surface area contributed by atoms with E-state index in [1.54, 1.807) is 0 Å². The van der Waals surface area contributed by atoms with Crippen LogP contribution in [0.3, 0.4) is 0 Å². The zero-order valence-corrected chi connectivity index (χ0v) is 15.6. The van der Waals surface area contributed by atoms with Gasteiger partial charge < -0.3 is 24.8 Å². The molecule has 6 nitrogen and oxygen atoms in total. The molecule has 2 N–H and O–H groups in total. The Kier molecular flexibility index (Phi) is 5.25. The molecule has 0 saturated heterocycles. The predicted molar refractivity (Wildman–Crippen MR) is 102 cm³/mol. The number of fused-ring (bicyclic) bond motifs is 2. The van der Waals surface area contributed by atoms with Crippen molar-refractivity contribution in [2.75, 3.05) is 26.3 Å². The Labute approximate surface area is 162 Å². The van der Waals surface area contributed by atoms with Crippen molar-refractivity contribution in [1.82, 2.24) is 10.6 Å². The summed E-state index contributed by atoms with van der Waals surface area (Å²) >= 11 is 6.23. The van der Waals surface area contributed by atoms with E-state index in [2.05, 4.69) is 10.6 Å². The summed E-state index contributed by atoms with van der Waals surface area (Å²) in [5, 5.41) is 6.25. The van der Waals surface area contributed by atoms with Crippen molar-refractivity contribution < 1.29 is 19.0 Å². The largest absolute Gasteiger partial charge is 0.488 e. The van der Waals surface area contributed by atoms with E-state index >= 15 is 0 Å². The summed E-state index contributed by atoms with van der Waals surface area (Å²) in [6.07, 6.45) is 1.44. The number of hydrogen-bond donors (Lipinski definition) is 2. The third kappa shape index (κ3) is 4.22. The molecule has 2 aromatic rings. The zero-order chi connectivity index (χ0) is 18.6. The molecule has 2 amide bonds. The molecule has 0 fully saturated rings. The first-order chi connectivity index (χ1) is 13.2. The second-order valence-electron chi connectivity index (χ2n) is 6.54. The van der Waals surface area contributed by atoms with E-state index < -0.39 is 0 Å². The maximum absolute atomic E-state index is 12.0. The average molecular weight is 389 g/mol. The van der Waals surface area contributed by atoms with Crippen molar-refractivity contribution >= 4 is 17.6 Å². The first kappa shape index (κ1) is 17.8. The molecule has 27 heavy (non-hydrogen) atoms. The Morgan fingerprint density at radius 3 is 2.85 bits per heavy atom. The van der Waals surface area contributed by atoms with Gasteiger partial charge in [0.05, 0.1) is 11.6 Å². The fourth-order valence-electron chi connectivity index (χ4n) is 3.27. The lowest BCUT2D eigenvalue weighted by Crippen LogP contribution is -2.41. The van der Waals surface area contributed by atoms with Crippen LogP contribution in [0.15, 0.2) is 36.4 Å². The van der Waals surface area contributed by atoms with E-state index in [0.717, 1.165) is 17.7 Å². The standard InChI is InChI=1S/C20H21ClN2O4/c21-16-9-13(10-18-19(16)26-8-7-25-18)5-6-22-20(24)23-12-15-11-14-3-1-2-4-17(14)27-15/h1-4,9-10,15H,5-8,11-12H2,(H2,22,23,24). The average Bonchev–Trinajstić information content (AvgIpc) is 3.09. The molecule has 7 heteroatoms. The molecule has 0 aromatic heterocycles. The number of rotatable bonds is 5. The number of benzene rings is 2. The summed E-state index contributed by atoms with van der Waals surface area (Å²) in [4.78, 5) is 12.0. The first-order valence-corrected chi connectivity index (χ1v) is 9.41. The van der Waals surface area contributed by atoms with E-state index in [0.29, 0.717) is 49.2 Å². The molecule has 0 radical (unpaired) electrons.